The van der Waals surface area contributed by atoms with Gasteiger partial charge in [0.05, 0.1) is 11.0 Å². The minimum Gasteiger partial charge on any atom is -0.551 e. The summed E-state index contributed by atoms with van der Waals surface area (Å²) in [6.07, 6.45) is 0. The smallest absolute Gasteiger partial charge is 0.434 e. The van der Waals surface area contributed by atoms with Gasteiger partial charge in [-0.3, -0.25) is 0 Å². The van der Waals surface area contributed by atoms with E-state index in [4.69, 9.17) is 13.8 Å². The summed E-state index contributed by atoms with van der Waals surface area (Å²) in [6.45, 7) is -0.324. The van der Waals surface area contributed by atoms with Gasteiger partial charge in [-0.1, -0.05) is 121 Å². The SMILES string of the molecule is c1cc(-c2ccc3c(c2)B2Oc4cc(-c5cccc6c5oc5ccccc56)ccc4-c4cccc(c42)O3)cc(-n2c3ccccc3c3ccccc32)c1. The third-order valence-electron chi connectivity index (χ3n) is 11.1. The van der Waals surface area contributed by atoms with Crippen molar-refractivity contribution in [3.8, 4) is 56.3 Å². The zero-order chi connectivity index (χ0) is 34.6. The normalized spacial score (nSPS) is 12.8. The zero-order valence-corrected chi connectivity index (χ0v) is 28.4. The lowest BCUT2D eigenvalue weighted by atomic mass is 9.50. The number of aromatic nitrogens is 1. The van der Waals surface area contributed by atoms with Gasteiger partial charge in [0.25, 0.3) is 0 Å². The van der Waals surface area contributed by atoms with Gasteiger partial charge in [0.1, 0.15) is 28.4 Å². The van der Waals surface area contributed by atoms with E-state index < -0.39 is 0 Å². The van der Waals surface area contributed by atoms with Crippen molar-refractivity contribution in [1.29, 1.82) is 0 Å². The van der Waals surface area contributed by atoms with Crippen LogP contribution in [0.25, 0.3) is 82.8 Å². The largest absolute Gasteiger partial charge is 0.551 e. The van der Waals surface area contributed by atoms with E-state index in [0.717, 1.165) is 89.2 Å². The highest BCUT2D eigenvalue weighted by molar-refractivity contribution is 6.84. The van der Waals surface area contributed by atoms with E-state index in [2.05, 4.69) is 156 Å². The first-order chi connectivity index (χ1) is 26.3. The third-order valence-corrected chi connectivity index (χ3v) is 11.1. The molecule has 4 heterocycles. The van der Waals surface area contributed by atoms with Crippen LogP contribution in [0.1, 0.15) is 0 Å². The summed E-state index contributed by atoms with van der Waals surface area (Å²) in [5, 5.41) is 4.73. The molecular weight excluding hydrogens is 649 g/mol. The van der Waals surface area contributed by atoms with E-state index in [-0.39, 0.29) is 6.92 Å². The molecule has 0 spiro atoms. The van der Waals surface area contributed by atoms with E-state index >= 15 is 0 Å². The van der Waals surface area contributed by atoms with Crippen molar-refractivity contribution < 1.29 is 13.8 Å². The van der Waals surface area contributed by atoms with Crippen LogP contribution in [-0.2, 0) is 0 Å². The van der Waals surface area contributed by atoms with Crippen molar-refractivity contribution in [2.45, 2.75) is 0 Å². The molecule has 0 unspecified atom stereocenters. The summed E-state index contributed by atoms with van der Waals surface area (Å²) in [6, 6.07) is 60.0. The van der Waals surface area contributed by atoms with Crippen LogP contribution in [0.4, 0.5) is 0 Å². The van der Waals surface area contributed by atoms with E-state index in [1.807, 2.05) is 18.2 Å². The molecule has 12 rings (SSSR count). The molecule has 0 saturated carbocycles. The second-order valence-corrected chi connectivity index (χ2v) is 14.0. The molecule has 2 aliphatic heterocycles. The van der Waals surface area contributed by atoms with Crippen molar-refractivity contribution in [3.63, 3.8) is 0 Å². The third kappa shape index (κ3) is 4.13. The maximum absolute atomic E-state index is 7.05. The van der Waals surface area contributed by atoms with Crippen LogP contribution in [0.2, 0.25) is 0 Å². The Morgan fingerprint density at radius 1 is 0.434 bits per heavy atom. The lowest BCUT2D eigenvalue weighted by Crippen LogP contribution is -2.53. The molecule has 4 nitrogen and oxygen atoms in total. The number of hydrogen-bond acceptors (Lipinski definition) is 3. The van der Waals surface area contributed by atoms with Gasteiger partial charge in [-0.05, 0) is 70.8 Å². The summed E-state index contributed by atoms with van der Waals surface area (Å²) in [4.78, 5) is 0. The van der Waals surface area contributed by atoms with E-state index in [9.17, 15) is 0 Å². The fourth-order valence-corrected chi connectivity index (χ4v) is 8.70. The topological polar surface area (TPSA) is 36.5 Å². The van der Waals surface area contributed by atoms with Crippen LogP contribution < -0.4 is 20.3 Å². The monoisotopic (exact) mass is 677 g/mol. The summed E-state index contributed by atoms with van der Waals surface area (Å²) in [7, 11) is 0. The number of fused-ring (bicyclic) bond motifs is 10. The van der Waals surface area contributed by atoms with Gasteiger partial charge in [-0.25, -0.2) is 0 Å². The average Bonchev–Trinajstić information content (AvgIpc) is 3.77. The fraction of sp³-hybridized carbons (Fsp3) is 0. The average molecular weight is 678 g/mol. The molecule has 2 aliphatic rings. The molecule has 0 bridgehead atoms. The minimum atomic E-state index is -0.324. The molecule has 5 heteroatoms. The second kappa shape index (κ2) is 10.8. The molecule has 53 heavy (non-hydrogen) atoms. The van der Waals surface area contributed by atoms with Gasteiger partial charge in [-0.15, -0.1) is 0 Å². The van der Waals surface area contributed by atoms with Crippen LogP contribution in [0.5, 0.6) is 17.2 Å². The highest BCUT2D eigenvalue weighted by Crippen LogP contribution is 2.43. The van der Waals surface area contributed by atoms with Gasteiger partial charge in [-0.2, -0.15) is 0 Å². The van der Waals surface area contributed by atoms with Crippen molar-refractivity contribution in [2.24, 2.45) is 0 Å². The van der Waals surface area contributed by atoms with E-state index in [1.165, 1.54) is 21.8 Å². The Hall–Kier alpha value is -6.98. The first-order valence-corrected chi connectivity index (χ1v) is 18.0. The summed E-state index contributed by atoms with van der Waals surface area (Å²) in [5.74, 6) is 2.49. The Balaban J connectivity index is 0.975. The van der Waals surface area contributed by atoms with Crippen molar-refractivity contribution in [1.82, 2.24) is 4.57 Å². The first kappa shape index (κ1) is 28.7. The van der Waals surface area contributed by atoms with Crippen LogP contribution in [0.3, 0.4) is 0 Å². The molecule has 8 aromatic carbocycles. The Kier molecular flexibility index (Phi) is 5.83. The molecule has 0 fully saturated rings. The predicted octanol–water partition coefficient (Wildman–Crippen LogP) is 11.3. The van der Waals surface area contributed by atoms with Gasteiger partial charge >= 0.3 is 6.92 Å². The molecule has 0 aliphatic carbocycles. The number of benzene rings is 8. The Labute approximate surface area is 305 Å². The minimum absolute atomic E-state index is 0.324. The van der Waals surface area contributed by atoms with Gasteiger partial charge in [0.2, 0.25) is 0 Å². The molecule has 2 aromatic heterocycles. The molecule has 0 N–H and O–H groups in total. The molecule has 0 atom stereocenters. The number of rotatable bonds is 3. The molecule has 0 saturated heterocycles. The van der Waals surface area contributed by atoms with Crippen molar-refractivity contribution in [2.75, 3.05) is 0 Å². The highest BCUT2D eigenvalue weighted by Gasteiger charge is 2.41. The second-order valence-electron chi connectivity index (χ2n) is 14.0. The maximum atomic E-state index is 7.05. The Morgan fingerprint density at radius 2 is 1.13 bits per heavy atom. The summed E-state index contributed by atoms with van der Waals surface area (Å²) >= 11 is 0. The summed E-state index contributed by atoms with van der Waals surface area (Å²) < 4.78 is 22.4. The number of para-hydroxylation sites is 4. The van der Waals surface area contributed by atoms with Crippen molar-refractivity contribution in [3.05, 3.63) is 170 Å². The fourth-order valence-electron chi connectivity index (χ4n) is 8.70. The van der Waals surface area contributed by atoms with Gasteiger partial charge in [0, 0.05) is 49.3 Å². The molecular formula is C48H28BNO3. The van der Waals surface area contributed by atoms with Crippen LogP contribution >= 0.6 is 0 Å². The lowest BCUT2D eigenvalue weighted by molar-refractivity contribution is 0.479. The van der Waals surface area contributed by atoms with Gasteiger partial charge in [0.15, 0.2) is 0 Å². The first-order valence-electron chi connectivity index (χ1n) is 18.0. The molecule has 10 aromatic rings. The predicted molar refractivity (Wildman–Crippen MR) is 217 cm³/mol. The Bertz CT molecular complexity index is 3100. The van der Waals surface area contributed by atoms with E-state index in [0.29, 0.717) is 0 Å². The van der Waals surface area contributed by atoms with E-state index in [1.54, 1.807) is 0 Å². The standard InChI is InChI=1S/C48H28BNO3/c1-4-18-41-34(12-1)35-13-2-5-19-42(35)50(41)32-11-7-10-29(26-32)30-23-25-44-40(27-30)49-47-38(16-9-21-45(47)51-44)37-24-22-31(28-46(37)53-49)33-15-8-17-39-36-14-3-6-20-43(36)52-48(33)39/h1-28H. The summed E-state index contributed by atoms with van der Waals surface area (Å²) in [5.41, 5.74) is 13.9. The number of nitrogens with zero attached hydrogens (tertiary/aromatic N) is 1. The molecule has 246 valence electrons. The van der Waals surface area contributed by atoms with Crippen LogP contribution in [-0.4, -0.2) is 11.5 Å². The van der Waals surface area contributed by atoms with Crippen LogP contribution in [0.15, 0.2) is 174 Å². The quantitative estimate of drug-likeness (QED) is 0.175. The van der Waals surface area contributed by atoms with Gasteiger partial charge < -0.3 is 18.4 Å². The number of furan rings is 1. The Morgan fingerprint density at radius 3 is 2.00 bits per heavy atom. The highest BCUT2D eigenvalue weighted by atomic mass is 16.5. The zero-order valence-electron chi connectivity index (χ0n) is 28.4. The number of ether oxygens (including phenoxy) is 1. The lowest BCUT2D eigenvalue weighted by Gasteiger charge is -2.33. The maximum Gasteiger partial charge on any atom is 0.434 e. The van der Waals surface area contributed by atoms with Crippen LogP contribution in [0, 0.1) is 0 Å². The van der Waals surface area contributed by atoms with Crippen molar-refractivity contribution >= 4 is 61.6 Å². The number of hydrogen-bond donors (Lipinski definition) is 0. The molecule has 0 amide bonds. The molecule has 0 radical (unpaired) electrons.